The zero-order chi connectivity index (χ0) is 13.0. The summed E-state index contributed by atoms with van der Waals surface area (Å²) in [6, 6.07) is 2.41. The molecule has 1 aliphatic heterocycles. The van der Waals surface area contributed by atoms with Gasteiger partial charge in [-0.1, -0.05) is 18.5 Å². The van der Waals surface area contributed by atoms with Crippen LogP contribution in [0.1, 0.15) is 18.4 Å². The van der Waals surface area contributed by atoms with Crippen LogP contribution in [-0.4, -0.2) is 22.6 Å². The number of nitrogens with two attached hydrogens (primary N) is 1. The zero-order valence-corrected chi connectivity index (χ0v) is 11.2. The molecule has 0 aromatic heterocycles. The van der Waals surface area contributed by atoms with Gasteiger partial charge in [-0.05, 0) is 23.6 Å². The van der Waals surface area contributed by atoms with Gasteiger partial charge >= 0.3 is 0 Å². The lowest BCUT2D eigenvalue weighted by Gasteiger charge is -2.06. The SMILES string of the molecule is CC1CS(=O)(=O)c2cc(S(N)(=O)=O)c(Cl)cc21. The molecule has 2 N–H and O–H groups in total. The summed E-state index contributed by atoms with van der Waals surface area (Å²) < 4.78 is 46.0. The number of sulfonamides is 1. The third kappa shape index (κ3) is 2.08. The number of rotatable bonds is 1. The monoisotopic (exact) mass is 295 g/mol. The van der Waals surface area contributed by atoms with Crippen LogP contribution < -0.4 is 5.14 Å². The van der Waals surface area contributed by atoms with Crippen molar-refractivity contribution in [3.63, 3.8) is 0 Å². The second kappa shape index (κ2) is 3.68. The van der Waals surface area contributed by atoms with E-state index in [9.17, 15) is 16.8 Å². The Hall–Kier alpha value is -0.630. The number of benzene rings is 1. The summed E-state index contributed by atoms with van der Waals surface area (Å²) in [6.07, 6.45) is 0. The fraction of sp³-hybridized carbons (Fsp3) is 0.333. The smallest absolute Gasteiger partial charge is 0.225 e. The minimum absolute atomic E-state index is 0.0124. The lowest BCUT2D eigenvalue weighted by molar-refractivity contribution is 0.597. The first-order valence-corrected chi connectivity index (χ1v) is 8.29. The lowest BCUT2D eigenvalue weighted by Crippen LogP contribution is -2.13. The maximum Gasteiger partial charge on any atom is 0.239 e. The Labute approximate surface area is 105 Å². The highest BCUT2D eigenvalue weighted by atomic mass is 35.5. The summed E-state index contributed by atoms with van der Waals surface area (Å²) in [5.41, 5.74) is 0.544. The van der Waals surface area contributed by atoms with Crippen LogP contribution in [0.5, 0.6) is 0 Å². The molecular weight excluding hydrogens is 286 g/mol. The Kier molecular flexibility index (Phi) is 2.77. The van der Waals surface area contributed by atoms with Crippen LogP contribution >= 0.6 is 11.6 Å². The fourth-order valence-electron chi connectivity index (χ4n) is 1.93. The van der Waals surface area contributed by atoms with Gasteiger partial charge in [0, 0.05) is 0 Å². The van der Waals surface area contributed by atoms with Crippen molar-refractivity contribution < 1.29 is 16.8 Å². The molecule has 0 saturated heterocycles. The molecule has 0 spiro atoms. The molecule has 1 heterocycles. The third-order valence-corrected chi connectivity index (χ3v) is 6.04. The van der Waals surface area contributed by atoms with E-state index in [1.807, 2.05) is 0 Å². The molecule has 94 valence electrons. The van der Waals surface area contributed by atoms with Crippen molar-refractivity contribution in [1.29, 1.82) is 0 Å². The minimum Gasteiger partial charge on any atom is -0.225 e. The van der Waals surface area contributed by atoms with Crippen LogP contribution in [0.25, 0.3) is 0 Å². The second-order valence-electron chi connectivity index (χ2n) is 4.05. The standard InChI is InChI=1S/C9H10ClNO4S2/c1-5-4-16(12,13)8-3-9(17(11,14)15)7(10)2-6(5)8/h2-3,5H,4H2,1H3,(H2,11,14,15). The average Bonchev–Trinajstić information content (AvgIpc) is 2.34. The number of fused-ring (bicyclic) bond motifs is 1. The number of hydrogen-bond acceptors (Lipinski definition) is 4. The molecule has 8 heteroatoms. The van der Waals surface area contributed by atoms with Crippen LogP contribution in [0.3, 0.4) is 0 Å². The van der Waals surface area contributed by atoms with Gasteiger partial charge in [-0.3, -0.25) is 0 Å². The largest absolute Gasteiger partial charge is 0.239 e. The molecule has 0 saturated carbocycles. The van der Waals surface area contributed by atoms with Crippen LogP contribution in [0.15, 0.2) is 21.9 Å². The predicted octanol–water partition coefficient (Wildman–Crippen LogP) is 0.878. The number of hydrogen-bond donors (Lipinski definition) is 1. The maximum absolute atomic E-state index is 11.8. The van der Waals surface area contributed by atoms with Gasteiger partial charge in [-0.15, -0.1) is 0 Å². The Balaban J connectivity index is 2.83. The molecule has 1 aromatic rings. The van der Waals surface area contributed by atoms with Crippen molar-refractivity contribution >= 4 is 31.5 Å². The average molecular weight is 296 g/mol. The van der Waals surface area contributed by atoms with E-state index in [1.165, 1.54) is 6.07 Å². The van der Waals surface area contributed by atoms with E-state index >= 15 is 0 Å². The number of halogens is 1. The minimum atomic E-state index is -4.02. The highest BCUT2D eigenvalue weighted by Crippen LogP contribution is 2.38. The first-order valence-electron chi connectivity index (χ1n) is 4.72. The first kappa shape index (κ1) is 12.8. The lowest BCUT2D eigenvalue weighted by atomic mass is 10.0. The molecule has 1 atom stereocenters. The van der Waals surface area contributed by atoms with Gasteiger partial charge in [0.25, 0.3) is 0 Å². The van der Waals surface area contributed by atoms with Crippen molar-refractivity contribution in [3.8, 4) is 0 Å². The Bertz CT molecular complexity index is 694. The van der Waals surface area contributed by atoms with Gasteiger partial charge in [0.15, 0.2) is 9.84 Å². The Morgan fingerprint density at radius 3 is 2.53 bits per heavy atom. The summed E-state index contributed by atoms with van der Waals surface area (Å²) in [6.45, 7) is 1.75. The molecule has 0 fully saturated rings. The molecule has 2 rings (SSSR count). The molecule has 1 aliphatic rings. The molecule has 5 nitrogen and oxygen atoms in total. The Morgan fingerprint density at radius 2 is 2.00 bits per heavy atom. The summed E-state index contributed by atoms with van der Waals surface area (Å²) in [5.74, 6) is -0.228. The van der Waals surface area contributed by atoms with Crippen molar-refractivity contribution in [3.05, 3.63) is 22.7 Å². The van der Waals surface area contributed by atoms with Crippen molar-refractivity contribution in [2.45, 2.75) is 22.6 Å². The second-order valence-corrected chi connectivity index (χ2v) is 7.99. The predicted molar refractivity (Wildman–Crippen MR) is 63.3 cm³/mol. The van der Waals surface area contributed by atoms with Crippen LogP contribution in [0.2, 0.25) is 5.02 Å². The summed E-state index contributed by atoms with van der Waals surface area (Å²) in [5, 5.41) is 4.92. The molecule has 17 heavy (non-hydrogen) atoms. The van der Waals surface area contributed by atoms with Crippen LogP contribution in [0, 0.1) is 0 Å². The zero-order valence-electron chi connectivity index (χ0n) is 8.84. The fourth-order valence-corrected chi connectivity index (χ4v) is 5.05. The van der Waals surface area contributed by atoms with Gasteiger partial charge < -0.3 is 0 Å². The van der Waals surface area contributed by atoms with E-state index in [0.29, 0.717) is 5.56 Å². The normalized spacial score (nSPS) is 22.4. The summed E-state index contributed by atoms with van der Waals surface area (Å²) in [7, 11) is -7.45. The van der Waals surface area contributed by atoms with Gasteiger partial charge in [-0.25, -0.2) is 22.0 Å². The molecule has 1 aromatic carbocycles. The Morgan fingerprint density at radius 1 is 1.41 bits per heavy atom. The van der Waals surface area contributed by atoms with E-state index in [4.69, 9.17) is 16.7 Å². The highest BCUT2D eigenvalue weighted by molar-refractivity contribution is 7.92. The maximum atomic E-state index is 11.8. The van der Waals surface area contributed by atoms with E-state index in [0.717, 1.165) is 6.07 Å². The van der Waals surface area contributed by atoms with E-state index in [1.54, 1.807) is 6.92 Å². The van der Waals surface area contributed by atoms with Gasteiger partial charge in [0.1, 0.15) is 4.90 Å². The first-order chi connectivity index (χ1) is 7.63. The van der Waals surface area contributed by atoms with Gasteiger partial charge in [0.05, 0.1) is 15.7 Å². The summed E-state index contributed by atoms with van der Waals surface area (Å²) >= 11 is 5.80. The topological polar surface area (TPSA) is 94.3 Å². The van der Waals surface area contributed by atoms with E-state index in [2.05, 4.69) is 0 Å². The van der Waals surface area contributed by atoms with Crippen molar-refractivity contribution in [2.24, 2.45) is 5.14 Å². The summed E-state index contributed by atoms with van der Waals surface area (Å²) in [4.78, 5) is -0.339. The molecular formula is C9H10ClNO4S2. The highest BCUT2D eigenvalue weighted by Gasteiger charge is 2.34. The third-order valence-electron chi connectivity index (χ3n) is 2.71. The van der Waals surface area contributed by atoms with Crippen molar-refractivity contribution in [1.82, 2.24) is 0 Å². The molecule has 1 unspecified atom stereocenters. The van der Waals surface area contributed by atoms with Crippen molar-refractivity contribution in [2.75, 3.05) is 5.75 Å². The molecule has 0 radical (unpaired) electrons. The molecule has 0 amide bonds. The van der Waals surface area contributed by atoms with E-state index in [-0.39, 0.29) is 26.5 Å². The quantitative estimate of drug-likeness (QED) is 0.832. The van der Waals surface area contributed by atoms with Gasteiger partial charge in [-0.2, -0.15) is 0 Å². The molecule has 0 bridgehead atoms. The number of sulfone groups is 1. The molecule has 0 aliphatic carbocycles. The van der Waals surface area contributed by atoms with E-state index < -0.39 is 19.9 Å². The van der Waals surface area contributed by atoms with Crippen LogP contribution in [-0.2, 0) is 19.9 Å². The van der Waals surface area contributed by atoms with Crippen LogP contribution in [0.4, 0.5) is 0 Å². The number of primary sulfonamides is 1. The van der Waals surface area contributed by atoms with Gasteiger partial charge in [0.2, 0.25) is 10.0 Å².